The van der Waals surface area contributed by atoms with Crippen LogP contribution in [0.25, 0.3) is 10.7 Å². The molecule has 0 atom stereocenters. The number of hydrogen-bond donors (Lipinski definition) is 1. The molecule has 2 heterocycles. The molecule has 15 heavy (non-hydrogen) atoms. The number of anilines is 1. The number of hydrogen-bond acceptors (Lipinski definition) is 4. The van der Waals surface area contributed by atoms with Crippen molar-refractivity contribution in [2.75, 3.05) is 5.73 Å². The molecule has 0 radical (unpaired) electrons. The lowest BCUT2D eigenvalue weighted by Gasteiger charge is -1.98. The highest BCUT2D eigenvalue weighted by atomic mass is 35.5. The van der Waals surface area contributed by atoms with Gasteiger partial charge in [0.1, 0.15) is 16.5 Å². The van der Waals surface area contributed by atoms with E-state index >= 15 is 0 Å². The van der Waals surface area contributed by atoms with Gasteiger partial charge >= 0.3 is 0 Å². The Balaban J connectivity index is 2.53. The number of nitrogens with two attached hydrogens (primary N) is 1. The van der Waals surface area contributed by atoms with Gasteiger partial charge in [-0.15, -0.1) is 11.3 Å². The maximum absolute atomic E-state index is 5.90. The van der Waals surface area contributed by atoms with E-state index in [-0.39, 0.29) is 0 Å². The van der Waals surface area contributed by atoms with Crippen LogP contribution in [0.4, 0.5) is 5.82 Å². The number of pyridine rings is 1. The summed E-state index contributed by atoms with van der Waals surface area (Å²) in [5.41, 5.74) is 7.38. The Morgan fingerprint density at radius 2 is 2.00 bits per heavy atom. The maximum Gasteiger partial charge on any atom is 0.142 e. The van der Waals surface area contributed by atoms with E-state index in [1.807, 2.05) is 13.8 Å². The normalized spacial score (nSPS) is 10.6. The predicted octanol–water partition coefficient (Wildman–Crippen LogP) is 3.06. The smallest absolute Gasteiger partial charge is 0.142 e. The third-order valence-corrected chi connectivity index (χ3v) is 3.37. The zero-order chi connectivity index (χ0) is 11.0. The van der Waals surface area contributed by atoms with Crippen LogP contribution < -0.4 is 5.73 Å². The van der Waals surface area contributed by atoms with Crippen molar-refractivity contribution < 1.29 is 0 Å². The van der Waals surface area contributed by atoms with Gasteiger partial charge in [0.25, 0.3) is 0 Å². The molecule has 0 saturated carbocycles. The van der Waals surface area contributed by atoms with Gasteiger partial charge in [-0.3, -0.25) is 0 Å². The number of nitrogen functional groups attached to an aromatic ring is 1. The zero-order valence-corrected chi connectivity index (χ0v) is 9.99. The van der Waals surface area contributed by atoms with Crippen molar-refractivity contribution >= 4 is 28.8 Å². The first-order valence-electron chi connectivity index (χ1n) is 4.44. The third kappa shape index (κ3) is 2.11. The van der Waals surface area contributed by atoms with E-state index < -0.39 is 0 Å². The van der Waals surface area contributed by atoms with Crippen LogP contribution in [0.1, 0.15) is 10.6 Å². The highest BCUT2D eigenvalue weighted by molar-refractivity contribution is 7.15. The molecule has 0 aliphatic rings. The predicted molar refractivity (Wildman–Crippen MR) is 64.2 cm³/mol. The van der Waals surface area contributed by atoms with E-state index in [4.69, 9.17) is 17.3 Å². The molecule has 0 amide bonds. The second-order valence-electron chi connectivity index (χ2n) is 3.26. The molecule has 2 aromatic heterocycles. The molecule has 2 rings (SSSR count). The molecular formula is C10H10ClN3S. The van der Waals surface area contributed by atoms with Crippen LogP contribution in [0.15, 0.2) is 12.1 Å². The van der Waals surface area contributed by atoms with E-state index in [1.165, 1.54) is 4.88 Å². The van der Waals surface area contributed by atoms with E-state index in [9.17, 15) is 0 Å². The average Bonchev–Trinajstić information content (AvgIpc) is 2.45. The van der Waals surface area contributed by atoms with Gasteiger partial charge in [0, 0.05) is 9.90 Å². The summed E-state index contributed by atoms with van der Waals surface area (Å²) in [7, 11) is 0. The molecule has 3 nitrogen and oxygen atoms in total. The number of nitrogens with zero attached hydrogens (tertiary/aromatic N) is 2. The summed E-state index contributed by atoms with van der Waals surface area (Å²) < 4.78 is 0. The second-order valence-corrected chi connectivity index (χ2v) is 4.90. The number of rotatable bonds is 1. The topological polar surface area (TPSA) is 51.8 Å². The molecule has 2 N–H and O–H groups in total. The van der Waals surface area contributed by atoms with Crippen molar-refractivity contribution in [1.82, 2.24) is 9.97 Å². The highest BCUT2D eigenvalue weighted by Gasteiger charge is 2.08. The van der Waals surface area contributed by atoms with Crippen molar-refractivity contribution in [3.8, 4) is 10.7 Å². The molecule has 0 spiro atoms. The minimum atomic E-state index is 0.419. The van der Waals surface area contributed by atoms with Crippen molar-refractivity contribution in [2.45, 2.75) is 13.8 Å². The van der Waals surface area contributed by atoms with Gasteiger partial charge in [-0.25, -0.2) is 9.97 Å². The second kappa shape index (κ2) is 3.79. The molecule has 5 heteroatoms. The van der Waals surface area contributed by atoms with Crippen LogP contribution in [0.2, 0.25) is 5.02 Å². The fourth-order valence-electron chi connectivity index (χ4n) is 1.21. The molecule has 0 aromatic carbocycles. The van der Waals surface area contributed by atoms with E-state index in [1.54, 1.807) is 23.5 Å². The summed E-state index contributed by atoms with van der Waals surface area (Å²) in [6, 6.07) is 3.40. The Bertz CT molecular complexity index is 468. The van der Waals surface area contributed by atoms with Crippen LogP contribution >= 0.6 is 22.9 Å². The maximum atomic E-state index is 5.90. The van der Waals surface area contributed by atoms with Gasteiger partial charge in [0.15, 0.2) is 0 Å². The SMILES string of the molecule is Cc1nc(-c2cc(Cl)cc(N)n2)sc1C. The Kier molecular flexibility index (Phi) is 2.63. The summed E-state index contributed by atoms with van der Waals surface area (Å²) in [6.45, 7) is 4.01. The summed E-state index contributed by atoms with van der Waals surface area (Å²) >= 11 is 7.50. The highest BCUT2D eigenvalue weighted by Crippen LogP contribution is 2.28. The van der Waals surface area contributed by atoms with Crippen LogP contribution in [0, 0.1) is 13.8 Å². The molecule has 0 unspecified atom stereocenters. The lowest BCUT2D eigenvalue weighted by Crippen LogP contribution is -1.91. The lowest BCUT2D eigenvalue weighted by atomic mass is 10.3. The van der Waals surface area contributed by atoms with Gasteiger partial charge in [-0.05, 0) is 26.0 Å². The summed E-state index contributed by atoms with van der Waals surface area (Å²) in [6.07, 6.45) is 0. The largest absolute Gasteiger partial charge is 0.384 e. The third-order valence-electron chi connectivity index (χ3n) is 2.06. The standard InChI is InChI=1S/C10H10ClN3S/c1-5-6(2)15-10(13-5)8-3-7(11)4-9(12)14-8/h3-4H,1-2H3,(H2,12,14). The Morgan fingerprint density at radius 3 is 2.53 bits per heavy atom. The van der Waals surface area contributed by atoms with Crippen LogP contribution in [0.5, 0.6) is 0 Å². The number of thiazole rings is 1. The summed E-state index contributed by atoms with van der Waals surface area (Å²) in [5.74, 6) is 0.419. The number of aryl methyl sites for hydroxylation is 2. The van der Waals surface area contributed by atoms with Crippen molar-refractivity contribution in [3.63, 3.8) is 0 Å². The van der Waals surface area contributed by atoms with E-state index in [0.29, 0.717) is 10.8 Å². The molecule has 0 saturated heterocycles. The minimum absolute atomic E-state index is 0.419. The summed E-state index contributed by atoms with van der Waals surface area (Å²) in [5, 5.41) is 1.45. The monoisotopic (exact) mass is 239 g/mol. The quantitative estimate of drug-likeness (QED) is 0.832. The van der Waals surface area contributed by atoms with Gasteiger partial charge < -0.3 is 5.73 Å². The Hall–Kier alpha value is -1.13. The molecule has 2 aromatic rings. The fraction of sp³-hybridized carbons (Fsp3) is 0.200. The number of aromatic nitrogens is 2. The first kappa shape index (κ1) is 10.4. The number of halogens is 1. The van der Waals surface area contributed by atoms with E-state index in [2.05, 4.69) is 9.97 Å². The lowest BCUT2D eigenvalue weighted by molar-refractivity contribution is 1.21. The molecule has 0 aliphatic carbocycles. The van der Waals surface area contributed by atoms with Crippen molar-refractivity contribution in [2.24, 2.45) is 0 Å². The van der Waals surface area contributed by atoms with Gasteiger partial charge in [0.05, 0.1) is 5.69 Å². The van der Waals surface area contributed by atoms with Gasteiger partial charge in [-0.1, -0.05) is 11.6 Å². The molecular weight excluding hydrogens is 230 g/mol. The summed E-state index contributed by atoms with van der Waals surface area (Å²) in [4.78, 5) is 9.79. The van der Waals surface area contributed by atoms with Gasteiger partial charge in [0.2, 0.25) is 0 Å². The first-order valence-corrected chi connectivity index (χ1v) is 5.63. The van der Waals surface area contributed by atoms with Crippen molar-refractivity contribution in [1.29, 1.82) is 0 Å². The van der Waals surface area contributed by atoms with Crippen molar-refractivity contribution in [3.05, 3.63) is 27.7 Å². The fourth-order valence-corrected chi connectivity index (χ4v) is 2.30. The zero-order valence-electron chi connectivity index (χ0n) is 8.41. The average molecular weight is 240 g/mol. The van der Waals surface area contributed by atoms with E-state index in [0.717, 1.165) is 16.4 Å². The molecule has 78 valence electrons. The Labute approximate surface area is 96.9 Å². The molecule has 0 aliphatic heterocycles. The minimum Gasteiger partial charge on any atom is -0.384 e. The van der Waals surface area contributed by atoms with Crippen LogP contribution in [-0.4, -0.2) is 9.97 Å². The molecule has 0 fully saturated rings. The molecule has 0 bridgehead atoms. The first-order chi connectivity index (χ1) is 7.06. The van der Waals surface area contributed by atoms with Crippen LogP contribution in [-0.2, 0) is 0 Å². The van der Waals surface area contributed by atoms with Gasteiger partial charge in [-0.2, -0.15) is 0 Å². The Morgan fingerprint density at radius 1 is 1.27 bits per heavy atom. The van der Waals surface area contributed by atoms with Crippen LogP contribution in [0.3, 0.4) is 0 Å².